The third-order valence-electron chi connectivity index (χ3n) is 10.1. The Morgan fingerprint density at radius 1 is 0.618 bits per heavy atom. The molecular weight excluding hydrogens is 925 g/mol. The molecule has 26 heteroatoms. The molecule has 0 aromatic heterocycles. The molecule has 6 amide bonds. The molecule has 0 radical (unpaired) electrons. The molecule has 0 saturated carbocycles. The Hall–Kier alpha value is -6.61. The second-order valence-electron chi connectivity index (χ2n) is 15.5. The molecular formula is C42H58N6O19S. The summed E-state index contributed by atoms with van der Waals surface area (Å²) in [6.07, 6.45) is -1.80. The van der Waals surface area contributed by atoms with Crippen LogP contribution >= 0.6 is 12.0 Å². The van der Waals surface area contributed by atoms with Crippen LogP contribution in [0.4, 0.5) is 4.79 Å². The topological polar surface area (TPSA) is 403 Å². The van der Waals surface area contributed by atoms with Crippen molar-refractivity contribution in [2.45, 2.75) is 88.0 Å². The van der Waals surface area contributed by atoms with E-state index in [-0.39, 0.29) is 45.4 Å². The van der Waals surface area contributed by atoms with E-state index in [4.69, 9.17) is 19.1 Å². The zero-order valence-electron chi connectivity index (χ0n) is 37.0. The quantitative estimate of drug-likeness (QED) is 0.0290. The molecule has 5 atom stereocenters. The van der Waals surface area contributed by atoms with Crippen molar-refractivity contribution >= 4 is 82.3 Å². The van der Waals surface area contributed by atoms with E-state index >= 15 is 0 Å². The maximum atomic E-state index is 13.9. The monoisotopic (exact) mass is 982 g/mol. The highest BCUT2D eigenvalue weighted by molar-refractivity contribution is 7.93. The van der Waals surface area contributed by atoms with Gasteiger partial charge in [0.1, 0.15) is 36.8 Å². The van der Waals surface area contributed by atoms with Crippen LogP contribution in [0.25, 0.3) is 10.8 Å². The van der Waals surface area contributed by atoms with Gasteiger partial charge in [-0.15, -0.1) is 0 Å². The average molecular weight is 983 g/mol. The van der Waals surface area contributed by atoms with E-state index in [2.05, 4.69) is 26.6 Å². The number of aliphatic carboxylic acids is 5. The number of unbranched alkanes of at least 4 members (excludes halogenated alkanes) is 1. The summed E-state index contributed by atoms with van der Waals surface area (Å²) in [6.45, 7) is -2.46. The predicted molar refractivity (Wildman–Crippen MR) is 238 cm³/mol. The number of fused-ring (bicyclic) bond motifs is 1. The van der Waals surface area contributed by atoms with Crippen molar-refractivity contribution in [1.82, 2.24) is 31.9 Å². The van der Waals surface area contributed by atoms with Gasteiger partial charge in [-0.25, -0.2) is 14.4 Å². The second-order valence-corrected chi connectivity index (χ2v) is 16.1. The first-order valence-corrected chi connectivity index (χ1v) is 22.2. The number of carbonyl (C=O) groups is 10. The maximum absolute atomic E-state index is 13.9. The number of nitrogens with one attached hydrogen (secondary N) is 6. The molecule has 2 aromatic carbocycles. The predicted octanol–water partition coefficient (Wildman–Crippen LogP) is -1.18. The third-order valence-corrected chi connectivity index (χ3v) is 10.4. The first-order valence-electron chi connectivity index (χ1n) is 21.0. The summed E-state index contributed by atoms with van der Waals surface area (Å²) < 4.78 is 10.6. The van der Waals surface area contributed by atoms with Gasteiger partial charge in [0.05, 0.1) is 38.3 Å². The molecule has 0 heterocycles. The van der Waals surface area contributed by atoms with Crippen LogP contribution < -0.4 is 31.9 Å². The highest BCUT2D eigenvalue weighted by atomic mass is 32.2. The van der Waals surface area contributed by atoms with E-state index in [1.807, 2.05) is 23.5 Å². The van der Waals surface area contributed by atoms with Crippen molar-refractivity contribution in [2.75, 3.05) is 45.8 Å². The lowest BCUT2D eigenvalue weighted by Crippen LogP contribution is -2.57. The molecule has 2 aromatic rings. The lowest BCUT2D eigenvalue weighted by atomic mass is 9.93. The normalized spacial score (nSPS) is 13.4. The van der Waals surface area contributed by atoms with Crippen molar-refractivity contribution in [3.8, 4) is 0 Å². The average Bonchev–Trinajstić information content (AvgIpc) is 3.28. The Bertz CT molecular complexity index is 2070. The molecule has 0 aliphatic carbocycles. The highest BCUT2D eigenvalue weighted by Gasteiger charge is 2.33. The molecule has 5 unspecified atom stereocenters. The number of ether oxygens (including phenoxy) is 1. The minimum atomic E-state index is -1.84. The highest BCUT2D eigenvalue weighted by Crippen LogP contribution is 2.20. The Morgan fingerprint density at radius 2 is 1.19 bits per heavy atom. The summed E-state index contributed by atoms with van der Waals surface area (Å²) in [4.78, 5) is 124. The van der Waals surface area contributed by atoms with E-state index < -0.39 is 147 Å². The minimum Gasteiger partial charge on any atom is -0.481 e. The van der Waals surface area contributed by atoms with Gasteiger partial charge >= 0.3 is 35.9 Å². The molecule has 0 aliphatic rings. The summed E-state index contributed by atoms with van der Waals surface area (Å²) in [5.74, 6) is -11.1. The zero-order chi connectivity index (χ0) is 50.8. The van der Waals surface area contributed by atoms with Gasteiger partial charge in [0.15, 0.2) is 0 Å². The van der Waals surface area contributed by atoms with Crippen molar-refractivity contribution in [3.63, 3.8) is 0 Å². The van der Waals surface area contributed by atoms with Gasteiger partial charge in [0.25, 0.3) is 0 Å². The van der Waals surface area contributed by atoms with Crippen molar-refractivity contribution in [2.24, 2.45) is 5.41 Å². The van der Waals surface area contributed by atoms with Crippen molar-refractivity contribution in [1.29, 1.82) is 0 Å². The number of aliphatic hydroxyl groups excluding tert-OH is 2. The standard InChI is InChI=1S/C42H58N6O19S/c1-68-67-23-42(20-49,21-50)22-66-19-32(51)44-27(11-13-33(52)53)37(59)45-28(12-14-34(54)55)38(60)46-30(17-24-9-10-25-6-2-3-7-26(25)16-24)36(58)43-15-5-4-8-29(39(61)62)47-41(65)48-31(40(63)64)18-35(56)57/h2-3,6-7,9-10,16,27-31,49-50H,4-5,8,11-15,17-23H2,1H3,(H,43,58)(H,44,51)(H,45,59)(H,46,60)(H,52,53)(H,54,55)(H,56,57)(H,61,62)(H,63,64)(H2,47,48,65). The van der Waals surface area contributed by atoms with Crippen LogP contribution in [0.3, 0.4) is 0 Å². The van der Waals surface area contributed by atoms with Crippen LogP contribution in [-0.4, -0.2) is 171 Å². The molecule has 13 N–H and O–H groups in total. The van der Waals surface area contributed by atoms with Crippen LogP contribution in [0.1, 0.15) is 56.9 Å². The van der Waals surface area contributed by atoms with Crippen LogP contribution in [0.15, 0.2) is 42.5 Å². The van der Waals surface area contributed by atoms with Gasteiger partial charge in [-0.1, -0.05) is 42.5 Å². The number of urea groups is 1. The first kappa shape index (κ1) is 57.5. The molecule has 25 nitrogen and oxygen atoms in total. The minimum absolute atomic E-state index is 0.0744. The molecule has 376 valence electrons. The molecule has 2 rings (SSSR count). The molecule has 0 fully saturated rings. The number of aliphatic hydroxyl groups is 2. The smallest absolute Gasteiger partial charge is 0.326 e. The number of amides is 6. The van der Waals surface area contributed by atoms with Gasteiger partial charge in [0, 0.05) is 32.1 Å². The number of carboxylic acids is 5. The summed E-state index contributed by atoms with van der Waals surface area (Å²) in [5, 5.41) is 81.5. The van der Waals surface area contributed by atoms with Gasteiger partial charge in [0.2, 0.25) is 23.6 Å². The van der Waals surface area contributed by atoms with Gasteiger partial charge in [-0.3, -0.25) is 33.6 Å². The van der Waals surface area contributed by atoms with Crippen LogP contribution in [-0.2, 0) is 58.5 Å². The lowest BCUT2D eigenvalue weighted by molar-refractivity contribution is -0.145. The first-order chi connectivity index (χ1) is 32.2. The largest absolute Gasteiger partial charge is 0.481 e. The zero-order valence-corrected chi connectivity index (χ0v) is 37.8. The van der Waals surface area contributed by atoms with E-state index in [0.29, 0.717) is 5.56 Å². The van der Waals surface area contributed by atoms with E-state index in [9.17, 15) is 73.5 Å². The Balaban J connectivity index is 2.25. The molecule has 0 spiro atoms. The number of hydrogen-bond donors (Lipinski definition) is 13. The van der Waals surface area contributed by atoms with Crippen molar-refractivity contribution in [3.05, 3.63) is 48.0 Å². The van der Waals surface area contributed by atoms with Crippen LogP contribution in [0.2, 0.25) is 0 Å². The van der Waals surface area contributed by atoms with E-state index in [1.54, 1.807) is 30.5 Å². The number of carboxylic acid groups (broad SMARTS) is 5. The lowest BCUT2D eigenvalue weighted by Gasteiger charge is -2.28. The Kier molecular flexibility index (Phi) is 25.3. The number of benzene rings is 2. The Labute approximate surface area is 393 Å². The van der Waals surface area contributed by atoms with Gasteiger partial charge < -0.3 is 76.6 Å². The fourth-order valence-electron chi connectivity index (χ4n) is 6.28. The number of carbonyl (C=O) groups excluding carboxylic acids is 5. The summed E-state index contributed by atoms with van der Waals surface area (Å²) >= 11 is 0.966. The Morgan fingerprint density at radius 3 is 1.75 bits per heavy atom. The molecule has 0 bridgehead atoms. The number of hydrogen-bond acceptors (Lipinski definition) is 15. The van der Waals surface area contributed by atoms with Crippen LogP contribution in [0.5, 0.6) is 0 Å². The molecule has 0 aliphatic heterocycles. The summed E-state index contributed by atoms with van der Waals surface area (Å²) in [7, 11) is 0. The molecule has 68 heavy (non-hydrogen) atoms. The second kappa shape index (κ2) is 29.9. The number of rotatable bonds is 34. The van der Waals surface area contributed by atoms with E-state index in [1.165, 1.54) is 0 Å². The fourth-order valence-corrected chi connectivity index (χ4v) is 6.65. The summed E-state index contributed by atoms with van der Waals surface area (Å²) in [5.41, 5.74) is -0.713. The molecule has 0 saturated heterocycles. The van der Waals surface area contributed by atoms with Gasteiger partial charge in [-0.05, 0) is 60.5 Å². The van der Waals surface area contributed by atoms with E-state index in [0.717, 1.165) is 22.8 Å². The SMILES string of the molecule is CSOCC(CO)(CO)COCC(=O)NC(CCC(=O)O)C(=O)NC(CCC(=O)O)C(=O)NC(Cc1ccc2ccccc2c1)C(=O)NCCCCC(NC(=O)NC(CC(=O)O)C(=O)O)C(=O)O. The maximum Gasteiger partial charge on any atom is 0.326 e. The fraction of sp³-hybridized carbons (Fsp3) is 0.524. The van der Waals surface area contributed by atoms with Crippen LogP contribution in [0, 0.1) is 5.41 Å². The third kappa shape index (κ3) is 21.3. The van der Waals surface area contributed by atoms with Crippen molar-refractivity contribution < 1.29 is 92.6 Å². The van der Waals surface area contributed by atoms with Gasteiger partial charge in [-0.2, -0.15) is 0 Å². The summed E-state index contributed by atoms with van der Waals surface area (Å²) in [6, 6.07) is 3.31.